The Balaban J connectivity index is 1.41. The van der Waals surface area contributed by atoms with Crippen molar-refractivity contribution in [2.75, 3.05) is 11.9 Å². The quantitative estimate of drug-likeness (QED) is 0.327. The first kappa shape index (κ1) is 20.1. The topological polar surface area (TPSA) is 84.1 Å². The predicted molar refractivity (Wildman–Crippen MR) is 121 cm³/mol. The molecule has 0 spiro atoms. The van der Waals surface area contributed by atoms with Gasteiger partial charge in [0.1, 0.15) is 5.75 Å². The molecule has 0 atom stereocenters. The number of rotatable bonds is 7. The summed E-state index contributed by atoms with van der Waals surface area (Å²) in [6.07, 6.45) is 3.16. The van der Waals surface area contributed by atoms with E-state index in [2.05, 4.69) is 15.3 Å². The monoisotopic (exact) mass is 411 g/mol. The van der Waals surface area contributed by atoms with Gasteiger partial charge in [-0.05, 0) is 55.0 Å². The van der Waals surface area contributed by atoms with Gasteiger partial charge in [-0.15, -0.1) is 0 Å². The van der Waals surface area contributed by atoms with Crippen molar-refractivity contribution in [2.45, 2.75) is 6.92 Å². The van der Waals surface area contributed by atoms with Crippen molar-refractivity contribution >= 4 is 34.5 Å². The number of allylic oxidation sites excluding steroid dienone is 1. The molecule has 0 bridgehead atoms. The zero-order chi connectivity index (χ0) is 21.6. The molecule has 4 rings (SSSR count). The number of nitrogens with one attached hydrogen (secondary N) is 2. The molecule has 0 saturated carbocycles. The van der Waals surface area contributed by atoms with Gasteiger partial charge >= 0.3 is 0 Å². The van der Waals surface area contributed by atoms with Crippen molar-refractivity contribution < 1.29 is 14.3 Å². The number of ketones is 1. The van der Waals surface area contributed by atoms with Crippen LogP contribution in [0.2, 0.25) is 0 Å². The number of aromatic amines is 1. The van der Waals surface area contributed by atoms with Gasteiger partial charge in [0.15, 0.2) is 5.82 Å². The molecular weight excluding hydrogens is 390 g/mol. The van der Waals surface area contributed by atoms with Gasteiger partial charge in [-0.3, -0.25) is 9.59 Å². The lowest BCUT2D eigenvalue weighted by Gasteiger charge is -2.08. The Morgan fingerprint density at radius 1 is 1.03 bits per heavy atom. The van der Waals surface area contributed by atoms with Crippen LogP contribution in [0.3, 0.4) is 0 Å². The van der Waals surface area contributed by atoms with Crippen LogP contribution in [0.4, 0.5) is 5.69 Å². The van der Waals surface area contributed by atoms with E-state index < -0.39 is 0 Å². The number of hydrogen-bond donors (Lipinski definition) is 2. The Morgan fingerprint density at radius 2 is 1.84 bits per heavy atom. The van der Waals surface area contributed by atoms with Crippen molar-refractivity contribution in [2.24, 2.45) is 0 Å². The molecule has 4 aromatic rings. The number of fused-ring (bicyclic) bond motifs is 1. The molecule has 1 amide bonds. The summed E-state index contributed by atoms with van der Waals surface area (Å²) in [5.74, 6) is 0.562. The molecule has 0 aliphatic heterocycles. The lowest BCUT2D eigenvalue weighted by atomic mass is 10.1. The van der Waals surface area contributed by atoms with E-state index in [1.165, 1.54) is 6.08 Å². The lowest BCUT2D eigenvalue weighted by Crippen LogP contribution is -2.11. The maximum Gasteiger partial charge on any atom is 0.255 e. The number of H-pyrrole nitrogens is 1. The van der Waals surface area contributed by atoms with Crippen LogP contribution in [0.1, 0.15) is 33.5 Å². The summed E-state index contributed by atoms with van der Waals surface area (Å²) < 4.78 is 5.45. The molecule has 0 saturated heterocycles. The molecule has 0 fully saturated rings. The first-order chi connectivity index (χ1) is 15.1. The molecule has 0 radical (unpaired) electrons. The Morgan fingerprint density at radius 3 is 2.61 bits per heavy atom. The van der Waals surface area contributed by atoms with Gasteiger partial charge in [-0.25, -0.2) is 4.98 Å². The normalized spacial score (nSPS) is 11.0. The van der Waals surface area contributed by atoms with E-state index in [1.54, 1.807) is 42.5 Å². The van der Waals surface area contributed by atoms with E-state index in [9.17, 15) is 9.59 Å². The van der Waals surface area contributed by atoms with E-state index in [4.69, 9.17) is 4.74 Å². The van der Waals surface area contributed by atoms with E-state index in [-0.39, 0.29) is 11.7 Å². The summed E-state index contributed by atoms with van der Waals surface area (Å²) in [7, 11) is 0. The summed E-state index contributed by atoms with van der Waals surface area (Å²) in [5.41, 5.74) is 3.56. The second-order valence-corrected chi connectivity index (χ2v) is 6.84. The van der Waals surface area contributed by atoms with Gasteiger partial charge in [-0.2, -0.15) is 0 Å². The number of ether oxygens (including phenoxy) is 1. The van der Waals surface area contributed by atoms with E-state index in [0.717, 1.165) is 16.6 Å². The average Bonchev–Trinajstić information content (AvgIpc) is 3.23. The van der Waals surface area contributed by atoms with Gasteiger partial charge in [0, 0.05) is 17.3 Å². The van der Waals surface area contributed by atoms with Crippen LogP contribution >= 0.6 is 0 Å². The molecule has 0 aliphatic carbocycles. The van der Waals surface area contributed by atoms with Crippen molar-refractivity contribution in [3.8, 4) is 5.75 Å². The zero-order valence-corrected chi connectivity index (χ0v) is 17.0. The molecule has 154 valence electrons. The molecule has 31 heavy (non-hydrogen) atoms. The fourth-order valence-electron chi connectivity index (χ4n) is 3.10. The van der Waals surface area contributed by atoms with Gasteiger partial charge < -0.3 is 15.0 Å². The van der Waals surface area contributed by atoms with Gasteiger partial charge in [-0.1, -0.05) is 36.4 Å². The third-order valence-electron chi connectivity index (χ3n) is 4.63. The van der Waals surface area contributed by atoms with Crippen molar-refractivity contribution in [3.63, 3.8) is 0 Å². The maximum absolute atomic E-state index is 12.5. The molecule has 0 unspecified atom stereocenters. The summed E-state index contributed by atoms with van der Waals surface area (Å²) in [4.78, 5) is 32.2. The third kappa shape index (κ3) is 4.87. The molecule has 2 N–H and O–H groups in total. The van der Waals surface area contributed by atoms with E-state index in [1.807, 2.05) is 43.3 Å². The molecule has 1 aromatic heterocycles. The van der Waals surface area contributed by atoms with Crippen LogP contribution in [-0.4, -0.2) is 28.3 Å². The highest BCUT2D eigenvalue weighted by Crippen LogP contribution is 2.18. The summed E-state index contributed by atoms with van der Waals surface area (Å²) >= 11 is 0. The SMILES string of the molecule is CCOc1cccc(NC(=O)c2ccc(C=CC(=O)c3nc4ccccc4[nH]3)cc2)c1. The highest BCUT2D eigenvalue weighted by Gasteiger charge is 2.09. The molecule has 3 aromatic carbocycles. The first-order valence-corrected chi connectivity index (χ1v) is 9.94. The minimum absolute atomic E-state index is 0.216. The summed E-state index contributed by atoms with van der Waals surface area (Å²) in [6, 6.07) is 21.7. The Labute approximate surface area is 179 Å². The first-order valence-electron chi connectivity index (χ1n) is 9.94. The second-order valence-electron chi connectivity index (χ2n) is 6.84. The standard InChI is InChI=1S/C25H21N3O3/c1-2-31-20-7-5-6-19(16-20)26-25(30)18-13-10-17(11-14-18)12-15-23(29)24-27-21-8-3-4-9-22(21)28-24/h3-16H,2H2,1H3,(H,26,30)(H,27,28). The Bertz CT molecular complexity index is 1220. The number of amides is 1. The zero-order valence-electron chi connectivity index (χ0n) is 17.0. The minimum Gasteiger partial charge on any atom is -0.494 e. The Kier molecular flexibility index (Phi) is 5.89. The highest BCUT2D eigenvalue weighted by atomic mass is 16.5. The predicted octanol–water partition coefficient (Wildman–Crippen LogP) is 5.11. The smallest absolute Gasteiger partial charge is 0.255 e. The number of nitrogens with zero attached hydrogens (tertiary/aromatic N) is 1. The highest BCUT2D eigenvalue weighted by molar-refractivity contribution is 6.06. The van der Waals surface area contributed by atoms with E-state index >= 15 is 0 Å². The Hall–Kier alpha value is -4.19. The summed E-state index contributed by atoms with van der Waals surface area (Å²) in [6.45, 7) is 2.47. The van der Waals surface area contributed by atoms with E-state index in [0.29, 0.717) is 29.4 Å². The fourth-order valence-corrected chi connectivity index (χ4v) is 3.10. The number of hydrogen-bond acceptors (Lipinski definition) is 4. The lowest BCUT2D eigenvalue weighted by molar-refractivity contribution is 0.102. The second kappa shape index (κ2) is 9.09. The van der Waals surface area contributed by atoms with Crippen molar-refractivity contribution in [1.82, 2.24) is 9.97 Å². The molecule has 6 heteroatoms. The molecule has 0 aliphatic rings. The number of benzene rings is 3. The number of aromatic nitrogens is 2. The van der Waals surface area contributed by atoms with Gasteiger partial charge in [0.25, 0.3) is 5.91 Å². The number of carbonyl (C=O) groups is 2. The van der Waals surface area contributed by atoms with Gasteiger partial charge in [0.05, 0.1) is 17.6 Å². The van der Waals surface area contributed by atoms with Crippen LogP contribution in [0.15, 0.2) is 78.9 Å². The largest absolute Gasteiger partial charge is 0.494 e. The number of carbonyl (C=O) groups excluding carboxylic acids is 2. The van der Waals surface area contributed by atoms with Crippen molar-refractivity contribution in [1.29, 1.82) is 0 Å². The van der Waals surface area contributed by atoms with Gasteiger partial charge in [0.2, 0.25) is 5.78 Å². The number of para-hydroxylation sites is 2. The van der Waals surface area contributed by atoms with Crippen LogP contribution < -0.4 is 10.1 Å². The molecule has 6 nitrogen and oxygen atoms in total. The fraction of sp³-hybridized carbons (Fsp3) is 0.0800. The number of anilines is 1. The molecular formula is C25H21N3O3. The summed E-state index contributed by atoms with van der Waals surface area (Å²) in [5, 5.41) is 2.86. The van der Waals surface area contributed by atoms with Crippen molar-refractivity contribution in [3.05, 3.63) is 95.8 Å². The van der Waals surface area contributed by atoms with Crippen LogP contribution in [0.25, 0.3) is 17.1 Å². The minimum atomic E-state index is -0.220. The maximum atomic E-state index is 12.5. The van der Waals surface area contributed by atoms with Crippen LogP contribution in [-0.2, 0) is 0 Å². The molecule has 1 heterocycles. The van der Waals surface area contributed by atoms with Crippen LogP contribution in [0.5, 0.6) is 5.75 Å². The number of imidazole rings is 1. The van der Waals surface area contributed by atoms with Crippen LogP contribution in [0, 0.1) is 0 Å². The average molecular weight is 411 g/mol. The third-order valence-corrected chi connectivity index (χ3v) is 4.63.